The first-order valence-electron chi connectivity index (χ1n) is 6.65. The summed E-state index contributed by atoms with van der Waals surface area (Å²) in [5.41, 5.74) is 1.15. The van der Waals surface area contributed by atoms with E-state index in [2.05, 4.69) is 5.32 Å². The van der Waals surface area contributed by atoms with Gasteiger partial charge in [-0.1, -0.05) is 24.6 Å². The minimum Gasteiger partial charge on any atom is -0.489 e. The first kappa shape index (κ1) is 15.7. The van der Waals surface area contributed by atoms with Gasteiger partial charge in [0, 0.05) is 23.2 Å². The summed E-state index contributed by atoms with van der Waals surface area (Å²) in [6, 6.07) is 8.83. The maximum atomic E-state index is 13.6. The third-order valence-corrected chi connectivity index (χ3v) is 3.15. The van der Waals surface area contributed by atoms with E-state index in [0.717, 1.165) is 12.1 Å². The lowest BCUT2D eigenvalue weighted by atomic mass is 10.2. The Morgan fingerprint density at radius 1 is 1.14 bits per heavy atom. The number of benzene rings is 2. The molecule has 0 aromatic heterocycles. The molecule has 0 unspecified atom stereocenters. The maximum Gasteiger partial charge on any atom is 0.131 e. The number of rotatable bonds is 6. The summed E-state index contributed by atoms with van der Waals surface area (Å²) in [7, 11) is 0. The van der Waals surface area contributed by atoms with Crippen LogP contribution in [0.2, 0.25) is 5.02 Å². The predicted molar refractivity (Wildman–Crippen MR) is 79.5 cm³/mol. The summed E-state index contributed by atoms with van der Waals surface area (Å²) in [5, 5.41) is 3.44. The van der Waals surface area contributed by atoms with E-state index in [-0.39, 0.29) is 12.4 Å². The van der Waals surface area contributed by atoms with E-state index in [0.29, 0.717) is 22.9 Å². The molecule has 0 saturated heterocycles. The molecule has 0 aliphatic carbocycles. The zero-order valence-corrected chi connectivity index (χ0v) is 12.4. The molecule has 2 aromatic rings. The van der Waals surface area contributed by atoms with Crippen molar-refractivity contribution in [1.29, 1.82) is 0 Å². The average molecular weight is 312 g/mol. The van der Waals surface area contributed by atoms with E-state index in [9.17, 15) is 8.78 Å². The van der Waals surface area contributed by atoms with Crippen molar-refractivity contribution in [2.75, 3.05) is 6.54 Å². The summed E-state index contributed by atoms with van der Waals surface area (Å²) in [5.74, 6) is -0.444. The Labute approximate surface area is 127 Å². The molecule has 2 rings (SSSR count). The fourth-order valence-electron chi connectivity index (χ4n) is 1.88. The molecule has 1 N–H and O–H groups in total. The van der Waals surface area contributed by atoms with Gasteiger partial charge >= 0.3 is 0 Å². The number of halogens is 3. The van der Waals surface area contributed by atoms with Crippen LogP contribution in [0.25, 0.3) is 0 Å². The van der Waals surface area contributed by atoms with Gasteiger partial charge < -0.3 is 10.1 Å². The third-order valence-electron chi connectivity index (χ3n) is 2.92. The molecule has 112 valence electrons. The van der Waals surface area contributed by atoms with Crippen molar-refractivity contribution in [2.45, 2.75) is 20.1 Å². The Morgan fingerprint density at radius 2 is 1.95 bits per heavy atom. The van der Waals surface area contributed by atoms with E-state index in [1.165, 1.54) is 18.2 Å². The third kappa shape index (κ3) is 4.69. The second-order valence-corrected chi connectivity index (χ2v) is 5.04. The van der Waals surface area contributed by atoms with E-state index in [4.69, 9.17) is 16.3 Å². The molecule has 0 aliphatic heterocycles. The van der Waals surface area contributed by atoms with Gasteiger partial charge in [-0.25, -0.2) is 8.78 Å². The topological polar surface area (TPSA) is 21.3 Å². The van der Waals surface area contributed by atoms with E-state index in [1.807, 2.05) is 6.92 Å². The molecule has 0 spiro atoms. The number of ether oxygens (including phenoxy) is 1. The SMILES string of the molecule is CCNCc1cc(F)cc(OCc2ccc(Cl)cc2F)c1. The molecular formula is C16H16ClF2NO. The molecule has 0 aliphatic rings. The lowest BCUT2D eigenvalue weighted by molar-refractivity contribution is 0.298. The highest BCUT2D eigenvalue weighted by Crippen LogP contribution is 2.20. The second kappa shape index (κ2) is 7.38. The number of hydrogen-bond donors (Lipinski definition) is 1. The van der Waals surface area contributed by atoms with Crippen LogP contribution in [0, 0.1) is 11.6 Å². The van der Waals surface area contributed by atoms with Gasteiger partial charge in [0.2, 0.25) is 0 Å². The van der Waals surface area contributed by atoms with Gasteiger partial charge in [-0.05, 0) is 36.4 Å². The molecule has 0 saturated carbocycles. The molecule has 0 atom stereocenters. The van der Waals surface area contributed by atoms with Crippen LogP contribution in [0.1, 0.15) is 18.1 Å². The van der Waals surface area contributed by atoms with Gasteiger partial charge in [0.15, 0.2) is 0 Å². The highest BCUT2D eigenvalue weighted by molar-refractivity contribution is 6.30. The molecule has 0 heterocycles. The average Bonchev–Trinajstić information content (AvgIpc) is 2.43. The van der Waals surface area contributed by atoms with Crippen LogP contribution in [-0.2, 0) is 13.2 Å². The highest BCUT2D eigenvalue weighted by Gasteiger charge is 2.06. The minimum absolute atomic E-state index is 0.0209. The maximum absolute atomic E-state index is 13.6. The van der Waals surface area contributed by atoms with Gasteiger partial charge in [-0.2, -0.15) is 0 Å². The predicted octanol–water partition coefficient (Wildman–Crippen LogP) is 4.31. The van der Waals surface area contributed by atoms with E-state index in [1.54, 1.807) is 18.2 Å². The van der Waals surface area contributed by atoms with Crippen molar-refractivity contribution in [3.63, 3.8) is 0 Å². The fraction of sp³-hybridized carbons (Fsp3) is 0.250. The van der Waals surface area contributed by atoms with Gasteiger partial charge in [0.1, 0.15) is 24.0 Å². The lowest BCUT2D eigenvalue weighted by Crippen LogP contribution is -2.12. The summed E-state index contributed by atoms with van der Waals surface area (Å²) >= 11 is 5.69. The van der Waals surface area contributed by atoms with Gasteiger partial charge in [-0.3, -0.25) is 0 Å². The monoisotopic (exact) mass is 311 g/mol. The van der Waals surface area contributed by atoms with E-state index >= 15 is 0 Å². The molecule has 0 fully saturated rings. The molecule has 0 bridgehead atoms. The first-order chi connectivity index (χ1) is 10.1. The Bertz CT molecular complexity index is 619. The molecule has 21 heavy (non-hydrogen) atoms. The summed E-state index contributed by atoms with van der Waals surface area (Å²) in [6.07, 6.45) is 0. The van der Waals surface area contributed by atoms with Crippen molar-refractivity contribution in [3.05, 3.63) is 64.2 Å². The fourth-order valence-corrected chi connectivity index (χ4v) is 2.03. The quantitative estimate of drug-likeness (QED) is 0.858. The van der Waals surface area contributed by atoms with E-state index < -0.39 is 5.82 Å². The summed E-state index contributed by atoms with van der Waals surface area (Å²) in [4.78, 5) is 0. The Kier molecular flexibility index (Phi) is 5.53. The molecule has 2 nitrogen and oxygen atoms in total. The van der Waals surface area contributed by atoms with Crippen LogP contribution >= 0.6 is 11.6 Å². The highest BCUT2D eigenvalue weighted by atomic mass is 35.5. The van der Waals surface area contributed by atoms with Crippen LogP contribution in [0.3, 0.4) is 0 Å². The Balaban J connectivity index is 2.07. The van der Waals surface area contributed by atoms with Crippen molar-refractivity contribution in [1.82, 2.24) is 5.32 Å². The largest absolute Gasteiger partial charge is 0.489 e. The van der Waals surface area contributed by atoms with Crippen molar-refractivity contribution in [2.24, 2.45) is 0 Å². The van der Waals surface area contributed by atoms with Gasteiger partial charge in [0.05, 0.1) is 0 Å². The molecular weight excluding hydrogens is 296 g/mol. The normalized spacial score (nSPS) is 10.7. The van der Waals surface area contributed by atoms with Gasteiger partial charge in [0.25, 0.3) is 0 Å². The zero-order chi connectivity index (χ0) is 15.2. The van der Waals surface area contributed by atoms with Crippen molar-refractivity contribution < 1.29 is 13.5 Å². The Morgan fingerprint density at radius 3 is 2.67 bits per heavy atom. The molecule has 0 radical (unpaired) electrons. The lowest BCUT2D eigenvalue weighted by Gasteiger charge is -2.10. The van der Waals surface area contributed by atoms with Crippen LogP contribution < -0.4 is 10.1 Å². The molecule has 2 aromatic carbocycles. The summed E-state index contributed by atoms with van der Waals surface area (Å²) < 4.78 is 32.6. The van der Waals surface area contributed by atoms with Crippen LogP contribution in [0.4, 0.5) is 8.78 Å². The van der Waals surface area contributed by atoms with Crippen molar-refractivity contribution in [3.8, 4) is 5.75 Å². The summed E-state index contributed by atoms with van der Waals surface area (Å²) in [6.45, 7) is 3.34. The van der Waals surface area contributed by atoms with Crippen LogP contribution in [0.5, 0.6) is 5.75 Å². The van der Waals surface area contributed by atoms with Crippen LogP contribution in [0.15, 0.2) is 36.4 Å². The smallest absolute Gasteiger partial charge is 0.131 e. The molecule has 0 amide bonds. The van der Waals surface area contributed by atoms with Crippen molar-refractivity contribution >= 4 is 11.6 Å². The van der Waals surface area contributed by atoms with Gasteiger partial charge in [-0.15, -0.1) is 0 Å². The minimum atomic E-state index is -0.438. The standard InChI is InChI=1S/C16H16ClF2NO/c1-2-20-9-11-5-14(18)8-15(6-11)21-10-12-3-4-13(17)7-16(12)19/h3-8,20H,2,9-10H2,1H3. The molecule has 5 heteroatoms. The zero-order valence-electron chi connectivity index (χ0n) is 11.6. The number of hydrogen-bond acceptors (Lipinski definition) is 2. The first-order valence-corrected chi connectivity index (χ1v) is 7.03. The number of nitrogens with one attached hydrogen (secondary N) is 1. The second-order valence-electron chi connectivity index (χ2n) is 4.60. The van der Waals surface area contributed by atoms with Crippen LogP contribution in [-0.4, -0.2) is 6.54 Å². The Hall–Kier alpha value is -1.65.